The van der Waals surface area contributed by atoms with E-state index in [9.17, 15) is 9.59 Å². The Morgan fingerprint density at radius 2 is 1.06 bits per heavy atom. The van der Waals surface area contributed by atoms with Crippen LogP contribution >= 0.6 is 0 Å². The number of cyclic esters (lactones) is 2. The minimum absolute atomic E-state index is 0.0799. The van der Waals surface area contributed by atoms with E-state index in [-0.39, 0.29) is 18.2 Å². The van der Waals surface area contributed by atoms with Crippen LogP contribution in [0, 0.1) is 23.7 Å². The Morgan fingerprint density at radius 3 is 1.45 bits per heavy atom. The molecule has 4 heterocycles. The molecule has 0 aliphatic carbocycles. The Bertz CT molecular complexity index is 1860. The topological polar surface area (TPSA) is 84.9 Å². The molecule has 0 saturated carbocycles. The van der Waals surface area contributed by atoms with Crippen molar-refractivity contribution >= 4 is 23.8 Å². The first-order chi connectivity index (χ1) is 22.3. The van der Waals surface area contributed by atoms with Gasteiger partial charge in [0.15, 0.2) is 0 Å². The zero-order valence-corrected chi connectivity index (χ0v) is 27.7. The fraction of sp³-hybridized carbons (Fsp3) is 0.282. The molecule has 8 heteroatoms. The van der Waals surface area contributed by atoms with E-state index in [0.717, 1.165) is 22.3 Å². The summed E-state index contributed by atoms with van der Waals surface area (Å²) in [5, 5.41) is 0. The summed E-state index contributed by atoms with van der Waals surface area (Å²) in [6.07, 6.45) is 2.62. The van der Waals surface area contributed by atoms with Crippen LogP contribution in [0.15, 0.2) is 97.3 Å². The van der Waals surface area contributed by atoms with Crippen molar-refractivity contribution in [2.45, 2.75) is 71.2 Å². The molecular formula is C39H38N4O4. The average molecular weight is 627 g/mol. The van der Waals surface area contributed by atoms with Gasteiger partial charge in [0.1, 0.15) is 22.8 Å². The van der Waals surface area contributed by atoms with Crippen molar-refractivity contribution in [1.82, 2.24) is 9.97 Å². The fourth-order valence-corrected chi connectivity index (χ4v) is 4.91. The molecule has 0 spiro atoms. The van der Waals surface area contributed by atoms with Crippen LogP contribution in [-0.4, -0.2) is 44.9 Å². The van der Waals surface area contributed by atoms with Crippen molar-refractivity contribution in [3.63, 3.8) is 0 Å². The highest BCUT2D eigenvalue weighted by Crippen LogP contribution is 2.41. The maximum absolute atomic E-state index is 12.2. The SMILES string of the molecule is CC1(C)OC(=O)N(c2ccc(C#Cc3ccccc3)cn2)C1(C)C.CC1N(c2ccc(C#Cc3ccccc3)cn2)C(=O)OC1(C)C. The molecule has 2 aromatic carbocycles. The summed E-state index contributed by atoms with van der Waals surface area (Å²) in [7, 11) is 0. The molecule has 4 aromatic rings. The molecule has 238 valence electrons. The lowest BCUT2D eigenvalue weighted by Crippen LogP contribution is -2.51. The van der Waals surface area contributed by atoms with Gasteiger partial charge in [-0.25, -0.2) is 19.6 Å². The summed E-state index contributed by atoms with van der Waals surface area (Å²) in [5.41, 5.74) is 1.91. The maximum Gasteiger partial charge on any atom is 0.416 e. The number of hydrogen-bond acceptors (Lipinski definition) is 6. The summed E-state index contributed by atoms with van der Waals surface area (Å²) in [6.45, 7) is 13.5. The molecule has 47 heavy (non-hydrogen) atoms. The molecule has 1 unspecified atom stereocenters. The molecule has 2 saturated heterocycles. The number of pyridine rings is 2. The predicted molar refractivity (Wildman–Crippen MR) is 183 cm³/mol. The highest BCUT2D eigenvalue weighted by Gasteiger charge is 2.55. The van der Waals surface area contributed by atoms with Gasteiger partial charge in [0.2, 0.25) is 0 Å². The Labute approximate surface area is 276 Å². The van der Waals surface area contributed by atoms with Gasteiger partial charge in [0, 0.05) is 34.6 Å². The Balaban J connectivity index is 0.000000185. The molecule has 0 radical (unpaired) electrons. The quantitative estimate of drug-likeness (QED) is 0.213. The Morgan fingerprint density at radius 1 is 0.596 bits per heavy atom. The van der Waals surface area contributed by atoms with Crippen LogP contribution in [0.25, 0.3) is 0 Å². The van der Waals surface area contributed by atoms with Crippen LogP contribution in [0.3, 0.4) is 0 Å². The monoisotopic (exact) mass is 626 g/mol. The van der Waals surface area contributed by atoms with E-state index in [4.69, 9.17) is 9.47 Å². The Kier molecular flexibility index (Phi) is 9.08. The van der Waals surface area contributed by atoms with E-state index < -0.39 is 16.7 Å². The largest absolute Gasteiger partial charge is 0.441 e. The number of nitrogens with zero attached hydrogens (tertiary/aromatic N) is 4. The number of benzene rings is 2. The van der Waals surface area contributed by atoms with Gasteiger partial charge in [-0.1, -0.05) is 60.1 Å². The van der Waals surface area contributed by atoms with Crippen molar-refractivity contribution in [3.8, 4) is 23.7 Å². The summed E-state index contributed by atoms with van der Waals surface area (Å²) < 4.78 is 10.9. The summed E-state index contributed by atoms with van der Waals surface area (Å²) in [5.74, 6) is 13.5. The smallest absolute Gasteiger partial charge is 0.416 e. The third kappa shape index (κ3) is 7.13. The van der Waals surface area contributed by atoms with Crippen LogP contribution in [-0.2, 0) is 9.47 Å². The second-order valence-corrected chi connectivity index (χ2v) is 12.8. The molecule has 2 aliphatic heterocycles. The first-order valence-electron chi connectivity index (χ1n) is 15.4. The van der Waals surface area contributed by atoms with Gasteiger partial charge < -0.3 is 9.47 Å². The third-order valence-corrected chi connectivity index (χ3v) is 8.72. The van der Waals surface area contributed by atoms with Gasteiger partial charge in [0.25, 0.3) is 0 Å². The lowest BCUT2D eigenvalue weighted by Gasteiger charge is -2.36. The predicted octanol–water partition coefficient (Wildman–Crippen LogP) is 7.60. The summed E-state index contributed by atoms with van der Waals surface area (Å²) in [4.78, 5) is 36.2. The van der Waals surface area contributed by atoms with Crippen LogP contribution in [0.1, 0.15) is 70.7 Å². The first kappa shape index (κ1) is 32.8. The molecule has 0 N–H and O–H groups in total. The van der Waals surface area contributed by atoms with Crippen molar-refractivity contribution in [2.75, 3.05) is 9.80 Å². The molecule has 0 bridgehead atoms. The van der Waals surface area contributed by atoms with Gasteiger partial charge in [-0.3, -0.25) is 9.80 Å². The Hall–Kier alpha value is -5.60. The van der Waals surface area contributed by atoms with Crippen LogP contribution in [0.5, 0.6) is 0 Å². The van der Waals surface area contributed by atoms with Gasteiger partial charge >= 0.3 is 12.2 Å². The molecule has 1 atom stereocenters. The minimum atomic E-state index is -0.586. The lowest BCUT2D eigenvalue weighted by atomic mass is 9.85. The van der Waals surface area contributed by atoms with Crippen LogP contribution in [0.4, 0.5) is 21.2 Å². The number of hydrogen-bond donors (Lipinski definition) is 0. The zero-order chi connectivity index (χ0) is 33.8. The van der Waals surface area contributed by atoms with Crippen LogP contribution in [0.2, 0.25) is 0 Å². The molecule has 2 aromatic heterocycles. The normalized spacial score (nSPS) is 18.4. The van der Waals surface area contributed by atoms with E-state index in [1.165, 1.54) is 0 Å². The van der Waals surface area contributed by atoms with Crippen molar-refractivity contribution in [2.24, 2.45) is 0 Å². The molecular weight excluding hydrogens is 588 g/mol. The molecule has 2 aliphatic rings. The summed E-state index contributed by atoms with van der Waals surface area (Å²) in [6, 6.07) is 26.8. The average Bonchev–Trinajstić information content (AvgIpc) is 3.36. The van der Waals surface area contributed by atoms with E-state index >= 15 is 0 Å². The minimum Gasteiger partial charge on any atom is -0.441 e. The lowest BCUT2D eigenvalue weighted by molar-refractivity contribution is 0.0458. The number of carbonyl (C=O) groups excluding carboxylic acids is 2. The number of anilines is 2. The highest BCUT2D eigenvalue weighted by atomic mass is 16.6. The molecule has 8 nitrogen and oxygen atoms in total. The van der Waals surface area contributed by atoms with E-state index in [1.807, 2.05) is 121 Å². The second kappa shape index (κ2) is 13.0. The van der Waals surface area contributed by atoms with Gasteiger partial charge in [-0.05, 0) is 97.0 Å². The molecule has 2 amide bonds. The van der Waals surface area contributed by atoms with Gasteiger partial charge in [0.05, 0.1) is 11.6 Å². The van der Waals surface area contributed by atoms with Crippen molar-refractivity contribution in [1.29, 1.82) is 0 Å². The van der Waals surface area contributed by atoms with E-state index in [2.05, 4.69) is 33.6 Å². The number of carbonyl (C=O) groups is 2. The maximum atomic E-state index is 12.2. The second-order valence-electron chi connectivity index (χ2n) is 12.8. The van der Waals surface area contributed by atoms with Gasteiger partial charge in [-0.15, -0.1) is 0 Å². The first-order valence-corrected chi connectivity index (χ1v) is 15.4. The number of ether oxygens (including phenoxy) is 2. The molecule has 2 fully saturated rings. The van der Waals surface area contributed by atoms with E-state index in [1.54, 1.807) is 34.3 Å². The van der Waals surface area contributed by atoms with E-state index in [0.29, 0.717) is 11.6 Å². The summed E-state index contributed by atoms with van der Waals surface area (Å²) >= 11 is 0. The highest BCUT2D eigenvalue weighted by molar-refractivity contribution is 5.91. The molecule has 6 rings (SSSR count). The van der Waals surface area contributed by atoms with Crippen molar-refractivity contribution in [3.05, 3.63) is 120 Å². The van der Waals surface area contributed by atoms with Crippen LogP contribution < -0.4 is 9.80 Å². The fourth-order valence-electron chi connectivity index (χ4n) is 4.91. The number of rotatable bonds is 2. The third-order valence-electron chi connectivity index (χ3n) is 8.72. The van der Waals surface area contributed by atoms with Gasteiger partial charge in [-0.2, -0.15) is 0 Å². The number of aromatic nitrogens is 2. The zero-order valence-electron chi connectivity index (χ0n) is 27.7. The standard InChI is InChI=1S/C20H20N2O2.C19H18N2O2/c1-19(2)20(3,4)24-18(23)22(19)17-13-12-16(14-21-17)11-10-15-8-6-5-7-9-15;1-14-19(2,3)23-18(22)21(14)17-12-11-16(13-20-17)10-9-15-7-5-4-6-8-15/h5-9,12-14H,1-4H3;4-8,11-14H,1-3H3. The number of amides is 2. The van der Waals surface area contributed by atoms with Crippen molar-refractivity contribution < 1.29 is 19.1 Å².